The van der Waals surface area contributed by atoms with E-state index >= 15 is 0 Å². The quantitative estimate of drug-likeness (QED) is 0.898. The second-order valence-corrected chi connectivity index (χ2v) is 5.67. The number of amides is 1. The van der Waals surface area contributed by atoms with Crippen molar-refractivity contribution < 1.29 is 4.79 Å². The molecule has 1 aromatic carbocycles. The zero-order valence-electron chi connectivity index (χ0n) is 12.0. The van der Waals surface area contributed by atoms with Crippen molar-refractivity contribution in [3.05, 3.63) is 35.4 Å². The van der Waals surface area contributed by atoms with Gasteiger partial charge >= 0.3 is 0 Å². The fourth-order valence-corrected chi connectivity index (χ4v) is 1.58. The van der Waals surface area contributed by atoms with E-state index in [2.05, 4.69) is 11.4 Å². The van der Waals surface area contributed by atoms with E-state index in [0.29, 0.717) is 18.7 Å². The maximum atomic E-state index is 11.9. The summed E-state index contributed by atoms with van der Waals surface area (Å²) in [6, 6.07) is 9.41. The van der Waals surface area contributed by atoms with E-state index in [1.165, 1.54) is 0 Å². The molecule has 0 spiro atoms. The van der Waals surface area contributed by atoms with Gasteiger partial charge in [0.2, 0.25) is 5.91 Å². The summed E-state index contributed by atoms with van der Waals surface area (Å²) in [4.78, 5) is 13.6. The molecule has 102 valence electrons. The van der Waals surface area contributed by atoms with Crippen LogP contribution in [0.25, 0.3) is 0 Å². The third-order valence-corrected chi connectivity index (χ3v) is 2.67. The summed E-state index contributed by atoms with van der Waals surface area (Å²) < 4.78 is 0. The molecule has 0 heterocycles. The minimum atomic E-state index is -0.0722. The van der Waals surface area contributed by atoms with Crippen molar-refractivity contribution in [3.63, 3.8) is 0 Å². The first kappa shape index (κ1) is 15.2. The van der Waals surface area contributed by atoms with Crippen molar-refractivity contribution >= 4 is 5.91 Å². The summed E-state index contributed by atoms with van der Waals surface area (Å²) in [6.07, 6.45) is 0. The molecule has 0 aliphatic rings. The normalized spacial score (nSPS) is 10.9. The van der Waals surface area contributed by atoms with Crippen LogP contribution in [0, 0.1) is 11.3 Å². The summed E-state index contributed by atoms with van der Waals surface area (Å²) in [6.45, 7) is 6.90. The van der Waals surface area contributed by atoms with Crippen molar-refractivity contribution in [2.45, 2.75) is 32.9 Å². The molecule has 0 unspecified atom stereocenters. The maximum absolute atomic E-state index is 11.9. The average Bonchev–Trinajstić information content (AvgIpc) is 2.35. The molecule has 0 saturated carbocycles. The Bertz CT molecular complexity index is 483. The largest absolute Gasteiger partial charge is 0.340 e. The Balaban J connectivity index is 2.56. The summed E-state index contributed by atoms with van der Waals surface area (Å²) in [7, 11) is 1.77. The van der Waals surface area contributed by atoms with Gasteiger partial charge in [-0.2, -0.15) is 5.26 Å². The molecular weight excluding hydrogens is 238 g/mol. The van der Waals surface area contributed by atoms with Crippen LogP contribution in [0.5, 0.6) is 0 Å². The van der Waals surface area contributed by atoms with Crippen LogP contribution in [0.15, 0.2) is 24.3 Å². The van der Waals surface area contributed by atoms with Gasteiger partial charge in [0.25, 0.3) is 0 Å². The number of hydrogen-bond donors (Lipinski definition) is 1. The lowest BCUT2D eigenvalue weighted by atomic mass is 10.1. The highest BCUT2D eigenvalue weighted by Crippen LogP contribution is 2.07. The van der Waals surface area contributed by atoms with Gasteiger partial charge in [0.1, 0.15) is 0 Å². The highest BCUT2D eigenvalue weighted by atomic mass is 16.2. The standard InChI is InChI=1S/C15H21N3O/c1-15(2,3)17-10-14(19)18(4)11-13-7-5-6-12(8-13)9-16/h5-8,17H,10-11H2,1-4H3. The molecule has 0 atom stereocenters. The minimum absolute atomic E-state index is 0.0392. The molecule has 0 aromatic heterocycles. The monoisotopic (exact) mass is 259 g/mol. The number of nitrogens with one attached hydrogen (secondary N) is 1. The van der Waals surface area contributed by atoms with Crippen molar-refractivity contribution in [3.8, 4) is 6.07 Å². The highest BCUT2D eigenvalue weighted by molar-refractivity contribution is 5.78. The molecule has 0 fully saturated rings. The zero-order valence-corrected chi connectivity index (χ0v) is 12.0. The van der Waals surface area contributed by atoms with Gasteiger partial charge in [-0.05, 0) is 38.5 Å². The molecule has 0 aliphatic carbocycles. The lowest BCUT2D eigenvalue weighted by Gasteiger charge is -2.23. The van der Waals surface area contributed by atoms with Crippen molar-refractivity contribution in [1.82, 2.24) is 10.2 Å². The maximum Gasteiger partial charge on any atom is 0.236 e. The fourth-order valence-electron chi connectivity index (χ4n) is 1.58. The van der Waals surface area contributed by atoms with Crippen LogP contribution >= 0.6 is 0 Å². The molecule has 0 radical (unpaired) electrons. The van der Waals surface area contributed by atoms with E-state index in [1.54, 1.807) is 24.1 Å². The van der Waals surface area contributed by atoms with Crippen LogP contribution in [0.4, 0.5) is 0 Å². The number of likely N-dealkylation sites (N-methyl/N-ethyl adjacent to an activating group) is 1. The first-order chi connectivity index (χ1) is 8.81. The number of nitrogens with zero attached hydrogens (tertiary/aromatic N) is 2. The van der Waals surface area contributed by atoms with Gasteiger partial charge in [-0.25, -0.2) is 0 Å². The Kier molecular flexibility index (Phi) is 5.08. The lowest BCUT2D eigenvalue weighted by molar-refractivity contribution is -0.129. The van der Waals surface area contributed by atoms with Gasteiger partial charge in [-0.1, -0.05) is 12.1 Å². The smallest absolute Gasteiger partial charge is 0.236 e. The minimum Gasteiger partial charge on any atom is -0.340 e. The van der Waals surface area contributed by atoms with Crippen molar-refractivity contribution in [2.75, 3.05) is 13.6 Å². The first-order valence-electron chi connectivity index (χ1n) is 6.30. The lowest BCUT2D eigenvalue weighted by Crippen LogP contribution is -2.43. The van der Waals surface area contributed by atoms with Gasteiger partial charge in [0, 0.05) is 19.1 Å². The summed E-state index contributed by atoms with van der Waals surface area (Å²) in [5, 5.41) is 12.0. The van der Waals surface area contributed by atoms with Crippen molar-refractivity contribution in [2.24, 2.45) is 0 Å². The average molecular weight is 259 g/mol. The Morgan fingerprint density at radius 1 is 1.42 bits per heavy atom. The van der Waals surface area contributed by atoms with E-state index < -0.39 is 0 Å². The first-order valence-corrected chi connectivity index (χ1v) is 6.30. The second-order valence-electron chi connectivity index (χ2n) is 5.67. The molecule has 1 amide bonds. The fraction of sp³-hybridized carbons (Fsp3) is 0.467. The Hall–Kier alpha value is -1.86. The molecule has 1 rings (SSSR count). The van der Waals surface area contributed by atoms with Crippen LogP contribution in [0.1, 0.15) is 31.9 Å². The van der Waals surface area contributed by atoms with E-state index in [0.717, 1.165) is 5.56 Å². The van der Waals surface area contributed by atoms with Gasteiger partial charge in [-0.15, -0.1) is 0 Å². The SMILES string of the molecule is CN(Cc1cccc(C#N)c1)C(=O)CNC(C)(C)C. The number of carbonyl (C=O) groups excluding carboxylic acids is 1. The van der Waals surface area contributed by atoms with Crippen LogP contribution in [0.3, 0.4) is 0 Å². The van der Waals surface area contributed by atoms with E-state index in [4.69, 9.17) is 5.26 Å². The van der Waals surface area contributed by atoms with Gasteiger partial charge < -0.3 is 10.2 Å². The predicted octanol–water partition coefficient (Wildman–Crippen LogP) is 1.90. The Labute approximate surface area is 115 Å². The molecule has 1 aromatic rings. The number of carbonyl (C=O) groups is 1. The molecule has 19 heavy (non-hydrogen) atoms. The summed E-state index contributed by atoms with van der Waals surface area (Å²) in [5.41, 5.74) is 1.51. The second kappa shape index (κ2) is 6.35. The number of benzene rings is 1. The molecule has 4 heteroatoms. The predicted molar refractivity (Wildman–Crippen MR) is 75.4 cm³/mol. The molecule has 0 bridgehead atoms. The van der Waals surface area contributed by atoms with E-state index in [-0.39, 0.29) is 11.4 Å². The third kappa shape index (κ3) is 5.54. The van der Waals surface area contributed by atoms with Gasteiger partial charge in [0.15, 0.2) is 0 Å². The van der Waals surface area contributed by atoms with Crippen LogP contribution < -0.4 is 5.32 Å². The summed E-state index contributed by atoms with van der Waals surface area (Å²) >= 11 is 0. The van der Waals surface area contributed by atoms with Gasteiger partial charge in [-0.3, -0.25) is 4.79 Å². The van der Waals surface area contributed by atoms with Crippen molar-refractivity contribution in [1.29, 1.82) is 5.26 Å². The highest BCUT2D eigenvalue weighted by Gasteiger charge is 2.14. The van der Waals surface area contributed by atoms with Crippen LogP contribution in [-0.2, 0) is 11.3 Å². The number of nitriles is 1. The van der Waals surface area contributed by atoms with Gasteiger partial charge in [0.05, 0.1) is 18.2 Å². The van der Waals surface area contributed by atoms with E-state index in [9.17, 15) is 4.79 Å². The number of rotatable bonds is 4. The molecule has 4 nitrogen and oxygen atoms in total. The molecule has 0 saturated heterocycles. The Morgan fingerprint density at radius 3 is 2.68 bits per heavy atom. The third-order valence-electron chi connectivity index (χ3n) is 2.67. The Morgan fingerprint density at radius 2 is 2.11 bits per heavy atom. The van der Waals surface area contributed by atoms with Crippen LogP contribution in [-0.4, -0.2) is 29.9 Å². The summed E-state index contributed by atoms with van der Waals surface area (Å²) in [5.74, 6) is 0.0392. The molecular formula is C15H21N3O. The zero-order chi connectivity index (χ0) is 14.5. The topological polar surface area (TPSA) is 56.1 Å². The van der Waals surface area contributed by atoms with Crippen LogP contribution in [0.2, 0.25) is 0 Å². The number of hydrogen-bond acceptors (Lipinski definition) is 3. The van der Waals surface area contributed by atoms with E-state index in [1.807, 2.05) is 32.9 Å². The molecule has 1 N–H and O–H groups in total. The molecule has 0 aliphatic heterocycles.